The Balaban J connectivity index is 2.10. The molecule has 160 valence electrons. The van der Waals surface area contributed by atoms with Crippen molar-refractivity contribution in [2.24, 2.45) is 0 Å². The van der Waals surface area contributed by atoms with E-state index in [4.69, 9.17) is 14.4 Å². The number of allylic oxidation sites excluding steroid dienone is 1. The lowest BCUT2D eigenvalue weighted by Crippen LogP contribution is -2.41. The summed E-state index contributed by atoms with van der Waals surface area (Å²) in [5, 5.41) is 16.6. The van der Waals surface area contributed by atoms with Gasteiger partial charge in [0.25, 0.3) is 0 Å². The number of benzene rings is 1. The smallest absolute Gasteiger partial charge is 0.476 e. The van der Waals surface area contributed by atoms with Crippen LogP contribution in [0.2, 0.25) is 0 Å². The number of aromatic carboxylic acids is 1. The van der Waals surface area contributed by atoms with Crippen LogP contribution in [-0.2, 0) is 15.9 Å². The van der Waals surface area contributed by atoms with E-state index in [0.717, 1.165) is 16.7 Å². The van der Waals surface area contributed by atoms with Crippen LogP contribution in [0.15, 0.2) is 24.1 Å². The molecule has 0 spiro atoms. The third kappa shape index (κ3) is 4.04. The van der Waals surface area contributed by atoms with Gasteiger partial charge in [-0.2, -0.15) is 0 Å². The van der Waals surface area contributed by atoms with Gasteiger partial charge in [0.05, 0.1) is 23.9 Å². The van der Waals surface area contributed by atoms with Crippen molar-refractivity contribution in [3.05, 3.63) is 52.0 Å². The Morgan fingerprint density at radius 2 is 1.67 bits per heavy atom. The highest BCUT2D eigenvalue weighted by molar-refractivity contribution is 6.55. The molecule has 0 aliphatic carbocycles. The van der Waals surface area contributed by atoms with Gasteiger partial charge in [-0.25, -0.2) is 13.9 Å². The molecule has 0 amide bonds. The molecule has 2 aromatic rings. The Morgan fingerprint density at radius 3 is 2.20 bits per heavy atom. The number of aromatic nitrogens is 3. The van der Waals surface area contributed by atoms with E-state index in [0.29, 0.717) is 11.1 Å². The topological polar surface area (TPSA) is 86.5 Å². The molecule has 1 fully saturated rings. The van der Waals surface area contributed by atoms with E-state index in [1.807, 2.05) is 60.6 Å². The van der Waals surface area contributed by atoms with Gasteiger partial charge in [-0.3, -0.25) is 0 Å². The van der Waals surface area contributed by atoms with Gasteiger partial charge in [0.1, 0.15) is 5.73 Å². The molecule has 0 saturated carbocycles. The minimum Gasteiger partial charge on any atom is -0.476 e. The van der Waals surface area contributed by atoms with Crippen molar-refractivity contribution >= 4 is 18.7 Å². The maximum atomic E-state index is 15.9. The third-order valence-corrected chi connectivity index (χ3v) is 5.99. The van der Waals surface area contributed by atoms with Crippen molar-refractivity contribution in [3.63, 3.8) is 0 Å². The summed E-state index contributed by atoms with van der Waals surface area (Å²) in [7, 11) is -1.17. The first-order valence-electron chi connectivity index (χ1n) is 9.78. The fraction of sp³-hybridized carbons (Fsp3) is 0.476. The Bertz CT molecular complexity index is 1010. The number of nitrogens with zero attached hydrogens (tertiary/aromatic N) is 3. The number of hydrogen-bond donors (Lipinski definition) is 1. The average Bonchev–Trinajstić information content (AvgIpc) is 3.18. The predicted octanol–water partition coefficient (Wildman–Crippen LogP) is 3.91. The van der Waals surface area contributed by atoms with Gasteiger partial charge in [0, 0.05) is 5.57 Å². The molecule has 1 aliphatic heterocycles. The van der Waals surface area contributed by atoms with E-state index in [-0.39, 0.29) is 12.2 Å². The second-order valence-corrected chi connectivity index (χ2v) is 8.77. The van der Waals surface area contributed by atoms with Gasteiger partial charge in [-0.15, -0.1) is 5.10 Å². The molecule has 7 nitrogen and oxygen atoms in total. The highest BCUT2D eigenvalue weighted by atomic mass is 19.1. The Labute approximate surface area is 176 Å². The van der Waals surface area contributed by atoms with Crippen molar-refractivity contribution < 1.29 is 23.6 Å². The molecule has 1 aliphatic rings. The van der Waals surface area contributed by atoms with Crippen LogP contribution < -0.4 is 0 Å². The molecule has 2 heterocycles. The number of hydrogen-bond acceptors (Lipinski definition) is 5. The highest BCUT2D eigenvalue weighted by Crippen LogP contribution is 2.40. The van der Waals surface area contributed by atoms with Crippen LogP contribution in [0.4, 0.5) is 4.39 Å². The number of rotatable bonds is 5. The second-order valence-electron chi connectivity index (χ2n) is 8.77. The minimum atomic E-state index is -1.19. The molecular formula is C21H27BFN3O4. The molecule has 1 N–H and O–H groups in total. The van der Waals surface area contributed by atoms with E-state index in [1.165, 1.54) is 10.9 Å². The van der Waals surface area contributed by atoms with Gasteiger partial charge in [-0.1, -0.05) is 17.3 Å². The van der Waals surface area contributed by atoms with Crippen molar-refractivity contribution in [2.45, 2.75) is 66.2 Å². The summed E-state index contributed by atoms with van der Waals surface area (Å²) in [4.78, 5) is 11.2. The van der Waals surface area contributed by atoms with Gasteiger partial charge in [0.2, 0.25) is 0 Å². The molecule has 0 atom stereocenters. The molecule has 1 aromatic carbocycles. The van der Waals surface area contributed by atoms with Gasteiger partial charge >= 0.3 is 13.1 Å². The molecule has 0 unspecified atom stereocenters. The third-order valence-electron chi connectivity index (χ3n) is 5.99. The number of carboxylic acids is 1. The van der Waals surface area contributed by atoms with Crippen LogP contribution in [0.25, 0.3) is 5.57 Å². The van der Waals surface area contributed by atoms with Crippen LogP contribution in [0.1, 0.15) is 60.4 Å². The van der Waals surface area contributed by atoms with Gasteiger partial charge < -0.3 is 14.4 Å². The average molecular weight is 415 g/mol. The van der Waals surface area contributed by atoms with Crippen molar-refractivity contribution in [2.75, 3.05) is 0 Å². The van der Waals surface area contributed by atoms with Crippen LogP contribution >= 0.6 is 0 Å². The molecule has 1 aromatic heterocycles. The molecule has 30 heavy (non-hydrogen) atoms. The first-order chi connectivity index (χ1) is 13.8. The van der Waals surface area contributed by atoms with Gasteiger partial charge in [-0.05, 0) is 70.7 Å². The van der Waals surface area contributed by atoms with Crippen LogP contribution in [0, 0.1) is 20.8 Å². The fourth-order valence-electron chi connectivity index (χ4n) is 3.30. The number of aryl methyl sites for hydroxylation is 3. The van der Waals surface area contributed by atoms with E-state index in [1.54, 1.807) is 0 Å². The van der Waals surface area contributed by atoms with Gasteiger partial charge in [0.15, 0.2) is 5.69 Å². The molecule has 0 radical (unpaired) electrons. The maximum Gasteiger partial charge on any atom is 0.525 e. The van der Waals surface area contributed by atoms with E-state index in [9.17, 15) is 4.79 Å². The van der Waals surface area contributed by atoms with E-state index >= 15 is 4.39 Å². The molecule has 9 heteroatoms. The Kier molecular flexibility index (Phi) is 5.64. The SMILES string of the molecule is Cc1cc(C)c(C(Cn2cc(C(=O)O)nn2)=C(F)B2OC(C)(C)C(C)(C)O2)cc1C. The second kappa shape index (κ2) is 7.63. The lowest BCUT2D eigenvalue weighted by Gasteiger charge is -2.32. The largest absolute Gasteiger partial charge is 0.525 e. The summed E-state index contributed by atoms with van der Waals surface area (Å²) in [6.07, 6.45) is 1.27. The van der Waals surface area contributed by atoms with E-state index in [2.05, 4.69) is 10.3 Å². The number of halogens is 1. The van der Waals surface area contributed by atoms with Crippen molar-refractivity contribution in [3.8, 4) is 0 Å². The Morgan fingerprint density at radius 1 is 1.10 bits per heavy atom. The Hall–Kier alpha value is -2.52. The monoisotopic (exact) mass is 415 g/mol. The van der Waals surface area contributed by atoms with Crippen LogP contribution in [0.3, 0.4) is 0 Å². The highest BCUT2D eigenvalue weighted by Gasteiger charge is 2.53. The zero-order valence-electron chi connectivity index (χ0n) is 18.4. The summed E-state index contributed by atoms with van der Waals surface area (Å²) in [5.41, 5.74) is 1.85. The molecule has 3 rings (SSSR count). The van der Waals surface area contributed by atoms with Crippen molar-refractivity contribution in [1.29, 1.82) is 0 Å². The molecular weight excluding hydrogens is 388 g/mol. The number of carboxylic acid groups (broad SMARTS) is 1. The molecule has 1 saturated heterocycles. The minimum absolute atomic E-state index is 0.0144. The summed E-state index contributed by atoms with van der Waals surface area (Å²) in [5.74, 6) is -1.19. The normalized spacial score (nSPS) is 18.5. The summed E-state index contributed by atoms with van der Waals surface area (Å²) in [6.45, 7) is 13.3. The first-order valence-corrected chi connectivity index (χ1v) is 9.78. The first kappa shape index (κ1) is 22.2. The fourth-order valence-corrected chi connectivity index (χ4v) is 3.30. The summed E-state index contributed by atoms with van der Waals surface area (Å²) < 4.78 is 29.0. The predicted molar refractivity (Wildman–Crippen MR) is 112 cm³/mol. The number of carbonyl (C=O) groups is 1. The van der Waals surface area contributed by atoms with Crippen molar-refractivity contribution in [1.82, 2.24) is 15.0 Å². The van der Waals surface area contributed by atoms with Crippen LogP contribution in [-0.4, -0.2) is 44.4 Å². The zero-order valence-corrected chi connectivity index (χ0v) is 18.4. The molecule has 0 bridgehead atoms. The van der Waals surface area contributed by atoms with E-state index < -0.39 is 30.0 Å². The summed E-state index contributed by atoms with van der Waals surface area (Å²) >= 11 is 0. The standard InChI is InChI=1S/C21H27BFN3O4/c1-12-8-14(3)15(9-13(12)2)16(10-26-11-17(19(27)28)24-25-26)18(23)22-29-20(4,5)21(6,7)30-22/h8-9,11H,10H2,1-7H3,(H,27,28). The van der Waals surface area contributed by atoms with Crippen LogP contribution in [0.5, 0.6) is 0 Å². The summed E-state index contributed by atoms with van der Waals surface area (Å²) in [6, 6.07) is 3.91. The maximum absolute atomic E-state index is 15.9. The zero-order chi connectivity index (χ0) is 22.4. The quantitative estimate of drug-likeness (QED) is 0.746. The lowest BCUT2D eigenvalue weighted by molar-refractivity contribution is 0.00578. The lowest BCUT2D eigenvalue weighted by atomic mass is 9.81.